The fraction of sp³-hybridized carbons (Fsp3) is 0.350. The summed E-state index contributed by atoms with van der Waals surface area (Å²) in [5.41, 5.74) is 0.0379. The van der Waals surface area contributed by atoms with Gasteiger partial charge in [0.2, 0.25) is 0 Å². The first-order chi connectivity index (χ1) is 13.8. The molecule has 0 spiro atoms. The maximum atomic E-state index is 12.9. The third-order valence-corrected chi connectivity index (χ3v) is 4.65. The molecule has 2 heterocycles. The Labute approximate surface area is 166 Å². The first-order valence-corrected chi connectivity index (χ1v) is 9.08. The van der Waals surface area contributed by atoms with Crippen LogP contribution in [0, 0.1) is 11.3 Å². The van der Waals surface area contributed by atoms with Gasteiger partial charge in [-0.1, -0.05) is 0 Å². The van der Waals surface area contributed by atoms with Crippen LogP contribution in [0.5, 0.6) is 0 Å². The lowest BCUT2D eigenvalue weighted by atomic mass is 10.1. The Morgan fingerprint density at radius 1 is 1.17 bits per heavy atom. The van der Waals surface area contributed by atoms with Crippen LogP contribution in [0.15, 0.2) is 36.5 Å². The SMILES string of the molecule is CCOC(=O)c1ccc(N2CCN(c3ccc(C(F)(F)F)cc3C#N)CC2)nc1. The Morgan fingerprint density at radius 3 is 2.41 bits per heavy atom. The predicted molar refractivity (Wildman–Crippen MR) is 101 cm³/mol. The lowest BCUT2D eigenvalue weighted by Gasteiger charge is -2.37. The molecular weight excluding hydrogens is 385 g/mol. The molecule has 6 nitrogen and oxygen atoms in total. The van der Waals surface area contributed by atoms with Crippen LogP contribution in [0.1, 0.15) is 28.4 Å². The average molecular weight is 404 g/mol. The van der Waals surface area contributed by atoms with Gasteiger partial charge in [-0.25, -0.2) is 9.78 Å². The maximum absolute atomic E-state index is 12.9. The molecule has 1 aromatic heterocycles. The van der Waals surface area contributed by atoms with E-state index in [-0.39, 0.29) is 12.2 Å². The van der Waals surface area contributed by atoms with Crippen LogP contribution < -0.4 is 9.80 Å². The van der Waals surface area contributed by atoms with Crippen LogP contribution in [0.2, 0.25) is 0 Å². The zero-order chi connectivity index (χ0) is 21.0. The highest BCUT2D eigenvalue weighted by Crippen LogP contribution is 2.33. The Balaban J connectivity index is 1.68. The molecule has 1 fully saturated rings. The van der Waals surface area contributed by atoms with Crippen LogP contribution in [-0.4, -0.2) is 43.7 Å². The van der Waals surface area contributed by atoms with Crippen molar-refractivity contribution in [2.75, 3.05) is 42.6 Å². The van der Waals surface area contributed by atoms with Gasteiger partial charge in [0.1, 0.15) is 11.9 Å². The summed E-state index contributed by atoms with van der Waals surface area (Å²) < 4.78 is 43.6. The molecular formula is C20H19F3N4O2. The lowest BCUT2D eigenvalue weighted by molar-refractivity contribution is -0.137. The van der Waals surface area contributed by atoms with E-state index in [1.807, 2.05) is 15.9 Å². The van der Waals surface area contributed by atoms with Crippen LogP contribution in [0.25, 0.3) is 0 Å². The quantitative estimate of drug-likeness (QED) is 0.727. The normalized spacial score (nSPS) is 14.4. The van der Waals surface area contributed by atoms with Crippen molar-refractivity contribution in [3.63, 3.8) is 0 Å². The first kappa shape index (κ1) is 20.5. The van der Waals surface area contributed by atoms with Crippen molar-refractivity contribution in [3.05, 3.63) is 53.2 Å². The van der Waals surface area contributed by atoms with Gasteiger partial charge in [0.05, 0.1) is 29.0 Å². The molecule has 1 saturated heterocycles. The fourth-order valence-corrected chi connectivity index (χ4v) is 3.16. The summed E-state index contributed by atoms with van der Waals surface area (Å²) in [5.74, 6) is 0.272. The highest BCUT2D eigenvalue weighted by molar-refractivity contribution is 5.89. The number of hydrogen-bond donors (Lipinski definition) is 0. The van der Waals surface area contributed by atoms with E-state index in [1.165, 1.54) is 12.3 Å². The van der Waals surface area contributed by atoms with E-state index < -0.39 is 17.7 Å². The van der Waals surface area contributed by atoms with E-state index >= 15 is 0 Å². The molecule has 0 N–H and O–H groups in total. The predicted octanol–water partition coefficient (Wildman–Crippen LogP) is 3.48. The molecule has 29 heavy (non-hydrogen) atoms. The minimum absolute atomic E-state index is 0.00481. The number of alkyl halides is 3. The van der Waals surface area contributed by atoms with Crippen molar-refractivity contribution < 1.29 is 22.7 Å². The zero-order valence-corrected chi connectivity index (χ0v) is 15.7. The van der Waals surface area contributed by atoms with Gasteiger partial charge in [-0.05, 0) is 37.3 Å². The zero-order valence-electron chi connectivity index (χ0n) is 15.7. The number of carbonyl (C=O) groups excluding carboxylic acids is 1. The van der Waals surface area contributed by atoms with Gasteiger partial charge in [0, 0.05) is 32.4 Å². The molecule has 1 aliphatic rings. The topological polar surface area (TPSA) is 69.5 Å². The van der Waals surface area contributed by atoms with Gasteiger partial charge in [-0.15, -0.1) is 0 Å². The lowest BCUT2D eigenvalue weighted by Crippen LogP contribution is -2.47. The number of piperazine rings is 1. The van der Waals surface area contributed by atoms with Crippen LogP contribution in [-0.2, 0) is 10.9 Å². The summed E-state index contributed by atoms with van der Waals surface area (Å²) in [6.07, 6.45) is -3.02. The number of anilines is 2. The van der Waals surface area contributed by atoms with Gasteiger partial charge < -0.3 is 14.5 Å². The minimum atomic E-state index is -4.48. The summed E-state index contributed by atoms with van der Waals surface area (Å²) in [6.45, 7) is 4.24. The molecule has 0 saturated carbocycles. The Morgan fingerprint density at radius 2 is 1.86 bits per heavy atom. The number of aromatic nitrogens is 1. The Kier molecular flexibility index (Phi) is 5.92. The van der Waals surface area contributed by atoms with Gasteiger partial charge in [0.15, 0.2) is 0 Å². The van der Waals surface area contributed by atoms with Gasteiger partial charge in [-0.2, -0.15) is 18.4 Å². The molecule has 2 aromatic rings. The second-order valence-electron chi connectivity index (χ2n) is 6.44. The molecule has 9 heteroatoms. The Hall–Kier alpha value is -3.28. The van der Waals surface area contributed by atoms with E-state index in [4.69, 9.17) is 4.74 Å². The number of ether oxygens (including phenoxy) is 1. The maximum Gasteiger partial charge on any atom is 0.416 e. The molecule has 0 unspecified atom stereocenters. The molecule has 3 rings (SSSR count). The van der Waals surface area contributed by atoms with Crippen molar-refractivity contribution in [1.82, 2.24) is 4.98 Å². The number of halogens is 3. The smallest absolute Gasteiger partial charge is 0.416 e. The van der Waals surface area contributed by atoms with Crippen LogP contribution in [0.4, 0.5) is 24.7 Å². The molecule has 0 atom stereocenters. The van der Waals surface area contributed by atoms with E-state index in [9.17, 15) is 23.2 Å². The number of carbonyl (C=O) groups is 1. The number of esters is 1. The summed E-state index contributed by atoms with van der Waals surface area (Å²) in [5, 5.41) is 9.28. The molecule has 0 aliphatic carbocycles. The van der Waals surface area contributed by atoms with E-state index in [0.29, 0.717) is 43.2 Å². The van der Waals surface area contributed by atoms with E-state index in [0.717, 1.165) is 12.1 Å². The minimum Gasteiger partial charge on any atom is -0.462 e. The van der Waals surface area contributed by atoms with Crippen molar-refractivity contribution >= 4 is 17.5 Å². The van der Waals surface area contributed by atoms with Gasteiger partial charge in [-0.3, -0.25) is 0 Å². The van der Waals surface area contributed by atoms with Crippen molar-refractivity contribution in [2.24, 2.45) is 0 Å². The summed E-state index contributed by atoms with van der Waals surface area (Å²) in [6, 6.07) is 8.49. The number of pyridine rings is 1. The first-order valence-electron chi connectivity index (χ1n) is 9.08. The van der Waals surface area contributed by atoms with Crippen LogP contribution in [0.3, 0.4) is 0 Å². The molecule has 0 bridgehead atoms. The van der Waals surface area contributed by atoms with E-state index in [1.54, 1.807) is 19.1 Å². The standard InChI is InChI=1S/C20H19F3N4O2/c1-2-29-19(28)14-3-6-18(25-13-14)27-9-7-26(8-10-27)17-5-4-16(20(21,22)23)11-15(17)12-24/h3-6,11,13H,2,7-10H2,1H3. The largest absolute Gasteiger partial charge is 0.462 e. The van der Waals surface area contributed by atoms with Gasteiger partial charge >= 0.3 is 12.1 Å². The van der Waals surface area contributed by atoms with Crippen LogP contribution >= 0.6 is 0 Å². The summed E-state index contributed by atoms with van der Waals surface area (Å²) in [7, 11) is 0. The number of nitriles is 1. The highest BCUT2D eigenvalue weighted by atomic mass is 19.4. The van der Waals surface area contributed by atoms with E-state index in [2.05, 4.69) is 4.98 Å². The van der Waals surface area contributed by atoms with Crippen molar-refractivity contribution in [2.45, 2.75) is 13.1 Å². The fourth-order valence-electron chi connectivity index (χ4n) is 3.16. The van der Waals surface area contributed by atoms with Gasteiger partial charge in [0.25, 0.3) is 0 Å². The molecule has 1 aliphatic heterocycles. The summed E-state index contributed by atoms with van der Waals surface area (Å²) in [4.78, 5) is 19.9. The summed E-state index contributed by atoms with van der Waals surface area (Å²) >= 11 is 0. The molecule has 0 radical (unpaired) electrons. The Bertz CT molecular complexity index is 915. The third-order valence-electron chi connectivity index (χ3n) is 4.65. The molecule has 1 aromatic carbocycles. The third kappa shape index (κ3) is 4.59. The number of rotatable bonds is 4. The number of nitrogens with zero attached hydrogens (tertiary/aromatic N) is 4. The second kappa shape index (κ2) is 8.39. The number of hydrogen-bond acceptors (Lipinski definition) is 6. The average Bonchev–Trinajstić information content (AvgIpc) is 2.73. The monoisotopic (exact) mass is 404 g/mol. The van der Waals surface area contributed by atoms with Crippen molar-refractivity contribution in [3.8, 4) is 6.07 Å². The number of benzene rings is 1. The highest BCUT2D eigenvalue weighted by Gasteiger charge is 2.31. The molecule has 152 valence electrons. The van der Waals surface area contributed by atoms with Crippen molar-refractivity contribution in [1.29, 1.82) is 5.26 Å². The molecule has 0 amide bonds. The second-order valence-corrected chi connectivity index (χ2v) is 6.44.